The van der Waals surface area contributed by atoms with Gasteiger partial charge in [-0.1, -0.05) is 18.2 Å². The summed E-state index contributed by atoms with van der Waals surface area (Å²) in [6.45, 7) is 0. The molecule has 0 heterocycles. The smallest absolute Gasteiger partial charge is 0.406 e. The Kier molecular flexibility index (Phi) is 5.68. The molecular formula is C15H10F6N2O3S. The SMILES string of the molecule is O=S(=O)(/N=C(\Nc1ccc(OC(F)(F)F)cc1)C(F)(F)F)c1ccccc1. The number of sulfonamides is 1. The molecule has 2 aromatic carbocycles. The van der Waals surface area contributed by atoms with Crippen LogP contribution in [0.25, 0.3) is 0 Å². The van der Waals surface area contributed by atoms with Crippen molar-refractivity contribution in [3.63, 3.8) is 0 Å². The molecule has 0 atom stereocenters. The van der Waals surface area contributed by atoms with Gasteiger partial charge in [0.15, 0.2) is 0 Å². The molecule has 0 radical (unpaired) electrons. The lowest BCUT2D eigenvalue weighted by atomic mass is 10.3. The van der Waals surface area contributed by atoms with Gasteiger partial charge in [-0.05, 0) is 36.4 Å². The first kappa shape index (κ1) is 20.6. The van der Waals surface area contributed by atoms with Gasteiger partial charge >= 0.3 is 12.5 Å². The van der Waals surface area contributed by atoms with Crippen molar-refractivity contribution in [3.8, 4) is 5.75 Å². The predicted molar refractivity (Wildman–Crippen MR) is 83.9 cm³/mol. The molecule has 12 heteroatoms. The van der Waals surface area contributed by atoms with Crippen LogP contribution in [0.15, 0.2) is 63.9 Å². The molecule has 0 amide bonds. The predicted octanol–water partition coefficient (Wildman–Crippen LogP) is 4.35. The van der Waals surface area contributed by atoms with Crippen molar-refractivity contribution < 1.29 is 39.5 Å². The molecule has 0 unspecified atom stereocenters. The second kappa shape index (κ2) is 7.47. The number of amidine groups is 1. The molecule has 5 nitrogen and oxygen atoms in total. The van der Waals surface area contributed by atoms with E-state index in [2.05, 4.69) is 9.13 Å². The highest BCUT2D eigenvalue weighted by Crippen LogP contribution is 2.26. The first-order chi connectivity index (χ1) is 12.4. The molecular weight excluding hydrogens is 402 g/mol. The van der Waals surface area contributed by atoms with Crippen molar-refractivity contribution in [2.75, 3.05) is 5.32 Å². The second-order valence-corrected chi connectivity index (χ2v) is 6.53. The average Bonchev–Trinajstić information content (AvgIpc) is 2.54. The molecule has 27 heavy (non-hydrogen) atoms. The Balaban J connectivity index is 2.31. The van der Waals surface area contributed by atoms with Gasteiger partial charge in [-0.15, -0.1) is 17.6 Å². The summed E-state index contributed by atoms with van der Waals surface area (Å²) < 4.78 is 106. The topological polar surface area (TPSA) is 67.8 Å². The number of hydrogen-bond donors (Lipinski definition) is 1. The van der Waals surface area contributed by atoms with Crippen LogP contribution in [0.5, 0.6) is 5.75 Å². The van der Waals surface area contributed by atoms with Gasteiger partial charge in [0.05, 0.1) is 4.90 Å². The van der Waals surface area contributed by atoms with E-state index in [4.69, 9.17) is 0 Å². The van der Waals surface area contributed by atoms with Crippen LogP contribution < -0.4 is 10.1 Å². The van der Waals surface area contributed by atoms with Crippen LogP contribution in [0, 0.1) is 0 Å². The maximum Gasteiger partial charge on any atom is 0.573 e. The normalized spacial score (nSPS) is 13.3. The van der Waals surface area contributed by atoms with Gasteiger partial charge < -0.3 is 10.1 Å². The number of alkyl halides is 6. The van der Waals surface area contributed by atoms with Gasteiger partial charge in [0.25, 0.3) is 10.0 Å². The molecule has 0 aliphatic heterocycles. The first-order valence-corrected chi connectivity index (χ1v) is 8.41. The minimum atomic E-state index is -5.16. The Morgan fingerprint density at radius 2 is 1.44 bits per heavy atom. The monoisotopic (exact) mass is 412 g/mol. The minimum Gasteiger partial charge on any atom is -0.406 e. The third-order valence-electron chi connectivity index (χ3n) is 2.87. The molecule has 0 fully saturated rings. The van der Waals surface area contributed by atoms with E-state index in [9.17, 15) is 34.8 Å². The molecule has 0 saturated heterocycles. The van der Waals surface area contributed by atoms with Crippen LogP contribution >= 0.6 is 0 Å². The summed E-state index contributed by atoms with van der Waals surface area (Å²) in [5, 5.41) is 1.74. The average molecular weight is 412 g/mol. The standard InChI is InChI=1S/C15H10F6N2O3S/c16-14(17,18)13(23-27(24,25)12-4-2-1-3-5-12)22-10-6-8-11(9-7-10)26-15(19,20)21/h1-9H,(H,22,23). The third-order valence-corrected chi connectivity index (χ3v) is 4.16. The summed E-state index contributed by atoms with van der Waals surface area (Å²) in [6, 6.07) is 9.42. The number of nitrogens with one attached hydrogen (secondary N) is 1. The Labute approximate surface area is 149 Å². The van der Waals surface area contributed by atoms with Gasteiger partial charge in [-0.25, -0.2) is 0 Å². The van der Waals surface area contributed by atoms with Gasteiger partial charge in [0, 0.05) is 5.69 Å². The lowest BCUT2D eigenvalue weighted by Gasteiger charge is -2.14. The van der Waals surface area contributed by atoms with E-state index in [-0.39, 0.29) is 5.69 Å². The fraction of sp³-hybridized carbons (Fsp3) is 0.133. The van der Waals surface area contributed by atoms with E-state index in [1.54, 1.807) is 5.32 Å². The van der Waals surface area contributed by atoms with Crippen molar-refractivity contribution in [2.45, 2.75) is 17.4 Å². The second-order valence-electron chi connectivity index (χ2n) is 4.92. The summed E-state index contributed by atoms with van der Waals surface area (Å²) in [4.78, 5) is -0.456. The largest absolute Gasteiger partial charge is 0.573 e. The highest BCUT2D eigenvalue weighted by molar-refractivity contribution is 7.90. The molecule has 0 aliphatic rings. The van der Waals surface area contributed by atoms with Crippen LogP contribution in [-0.4, -0.2) is 26.8 Å². The Morgan fingerprint density at radius 1 is 0.889 bits per heavy atom. The van der Waals surface area contributed by atoms with Crippen molar-refractivity contribution in [1.29, 1.82) is 0 Å². The quantitative estimate of drug-likeness (QED) is 0.461. The maximum absolute atomic E-state index is 13.1. The third kappa shape index (κ3) is 6.16. The van der Waals surface area contributed by atoms with Crippen molar-refractivity contribution >= 4 is 21.5 Å². The minimum absolute atomic E-state index is 0.344. The zero-order valence-electron chi connectivity index (χ0n) is 13.0. The van der Waals surface area contributed by atoms with Crippen molar-refractivity contribution in [1.82, 2.24) is 0 Å². The lowest BCUT2D eigenvalue weighted by molar-refractivity contribution is -0.274. The van der Waals surface area contributed by atoms with E-state index in [1.165, 1.54) is 18.2 Å². The summed E-state index contributed by atoms with van der Waals surface area (Å²) in [7, 11) is -4.66. The molecule has 1 N–H and O–H groups in total. The summed E-state index contributed by atoms with van der Waals surface area (Å²) in [5.41, 5.74) is -0.344. The van der Waals surface area contributed by atoms with Gasteiger partial charge in [-0.3, -0.25) is 0 Å². The van der Waals surface area contributed by atoms with Crippen LogP contribution in [-0.2, 0) is 10.0 Å². The highest BCUT2D eigenvalue weighted by atomic mass is 32.2. The highest BCUT2D eigenvalue weighted by Gasteiger charge is 2.38. The zero-order valence-corrected chi connectivity index (χ0v) is 13.9. The van der Waals surface area contributed by atoms with Crippen molar-refractivity contribution in [2.24, 2.45) is 4.40 Å². The summed E-state index contributed by atoms with van der Waals surface area (Å²) in [6.07, 6.45) is -10.1. The number of benzene rings is 2. The fourth-order valence-corrected chi connectivity index (χ4v) is 2.78. The Bertz CT molecular complexity index is 907. The molecule has 0 saturated carbocycles. The Morgan fingerprint density at radius 3 is 1.93 bits per heavy atom. The number of hydrogen-bond acceptors (Lipinski definition) is 3. The van der Waals surface area contributed by atoms with Crippen molar-refractivity contribution in [3.05, 3.63) is 54.6 Å². The molecule has 146 valence electrons. The summed E-state index contributed by atoms with van der Waals surface area (Å²) >= 11 is 0. The fourth-order valence-electron chi connectivity index (χ4n) is 1.79. The lowest BCUT2D eigenvalue weighted by Crippen LogP contribution is -2.31. The van der Waals surface area contributed by atoms with E-state index in [0.717, 1.165) is 36.4 Å². The first-order valence-electron chi connectivity index (χ1n) is 6.97. The molecule has 0 aliphatic carbocycles. The molecule has 2 rings (SSSR count). The maximum atomic E-state index is 13.1. The molecule has 0 bridgehead atoms. The number of nitrogens with zero attached hydrogens (tertiary/aromatic N) is 1. The zero-order chi connectivity index (χ0) is 20.3. The van der Waals surface area contributed by atoms with E-state index in [0.29, 0.717) is 0 Å². The van der Waals surface area contributed by atoms with Crippen LogP contribution in [0.1, 0.15) is 0 Å². The number of ether oxygens (including phenoxy) is 1. The van der Waals surface area contributed by atoms with E-state index < -0.39 is 39.0 Å². The van der Waals surface area contributed by atoms with E-state index in [1.807, 2.05) is 0 Å². The number of halogens is 6. The molecule has 0 spiro atoms. The van der Waals surface area contributed by atoms with Crippen LogP contribution in [0.3, 0.4) is 0 Å². The van der Waals surface area contributed by atoms with E-state index >= 15 is 0 Å². The summed E-state index contributed by atoms with van der Waals surface area (Å²) in [5.74, 6) is -2.51. The molecule has 2 aromatic rings. The van der Waals surface area contributed by atoms with Crippen LogP contribution in [0.2, 0.25) is 0 Å². The van der Waals surface area contributed by atoms with Gasteiger partial charge in [-0.2, -0.15) is 21.6 Å². The van der Waals surface area contributed by atoms with Crippen LogP contribution in [0.4, 0.5) is 32.0 Å². The Hall–Kier alpha value is -2.76. The molecule has 0 aromatic heterocycles. The number of anilines is 1. The van der Waals surface area contributed by atoms with Gasteiger partial charge in [0.2, 0.25) is 5.84 Å². The van der Waals surface area contributed by atoms with Gasteiger partial charge in [0.1, 0.15) is 5.75 Å². The number of rotatable bonds is 4.